The molecular formula is C11H18O. The number of hydrogen-bond acceptors (Lipinski definition) is 1. The second kappa shape index (κ2) is 2.59. The Balaban J connectivity index is 2.14. The van der Waals surface area contributed by atoms with Crippen molar-refractivity contribution in [1.82, 2.24) is 0 Å². The van der Waals surface area contributed by atoms with Crippen molar-refractivity contribution in [1.29, 1.82) is 0 Å². The van der Waals surface area contributed by atoms with E-state index in [0.29, 0.717) is 11.8 Å². The van der Waals surface area contributed by atoms with Gasteiger partial charge >= 0.3 is 0 Å². The largest absolute Gasteiger partial charge is 0.385 e. The van der Waals surface area contributed by atoms with E-state index in [2.05, 4.69) is 19.9 Å². The lowest BCUT2D eigenvalue weighted by molar-refractivity contribution is 0.0437. The van der Waals surface area contributed by atoms with E-state index in [1.165, 1.54) is 31.3 Å². The van der Waals surface area contributed by atoms with Gasteiger partial charge in [0.25, 0.3) is 0 Å². The molecule has 0 heterocycles. The molecule has 0 spiro atoms. The standard InChI is InChI=1S/C11H18O/c1-8(2)7-11(12,9-3-4-9)10-5-6-10/h7,9-10,12H,3-6H2,1-2H3. The average Bonchev–Trinajstić information content (AvgIpc) is 2.82. The number of hydrogen-bond donors (Lipinski definition) is 1. The van der Waals surface area contributed by atoms with Gasteiger partial charge < -0.3 is 5.11 Å². The molecule has 0 aromatic rings. The topological polar surface area (TPSA) is 20.2 Å². The number of allylic oxidation sites excluding steroid dienone is 1. The highest BCUT2D eigenvalue weighted by Crippen LogP contribution is 2.53. The Bertz CT molecular complexity index is 193. The molecular weight excluding hydrogens is 148 g/mol. The van der Waals surface area contributed by atoms with Crippen LogP contribution in [0.15, 0.2) is 11.6 Å². The summed E-state index contributed by atoms with van der Waals surface area (Å²) in [6.45, 7) is 4.16. The van der Waals surface area contributed by atoms with E-state index >= 15 is 0 Å². The van der Waals surface area contributed by atoms with Crippen molar-refractivity contribution in [3.8, 4) is 0 Å². The molecule has 0 atom stereocenters. The third-order valence-corrected chi connectivity index (χ3v) is 2.98. The molecule has 1 nitrogen and oxygen atoms in total. The molecule has 0 aromatic heterocycles. The quantitative estimate of drug-likeness (QED) is 0.639. The molecule has 2 rings (SSSR count). The Labute approximate surface area is 74.5 Å². The van der Waals surface area contributed by atoms with Crippen LogP contribution in [0.4, 0.5) is 0 Å². The molecule has 0 aliphatic heterocycles. The van der Waals surface area contributed by atoms with Crippen LogP contribution in [0.5, 0.6) is 0 Å². The molecule has 68 valence electrons. The van der Waals surface area contributed by atoms with Crippen LogP contribution in [0.1, 0.15) is 39.5 Å². The summed E-state index contributed by atoms with van der Waals surface area (Å²) < 4.78 is 0. The molecule has 0 saturated heterocycles. The lowest BCUT2D eigenvalue weighted by Gasteiger charge is -2.24. The molecule has 2 fully saturated rings. The van der Waals surface area contributed by atoms with Crippen molar-refractivity contribution in [2.75, 3.05) is 0 Å². The van der Waals surface area contributed by atoms with Crippen molar-refractivity contribution >= 4 is 0 Å². The summed E-state index contributed by atoms with van der Waals surface area (Å²) in [5, 5.41) is 10.4. The Hall–Kier alpha value is -0.300. The Morgan fingerprint density at radius 1 is 1.17 bits per heavy atom. The Morgan fingerprint density at radius 2 is 1.58 bits per heavy atom. The summed E-state index contributed by atoms with van der Waals surface area (Å²) in [7, 11) is 0. The second-order valence-electron chi connectivity index (χ2n) is 4.66. The third-order valence-electron chi connectivity index (χ3n) is 2.98. The van der Waals surface area contributed by atoms with Crippen LogP contribution >= 0.6 is 0 Å². The molecule has 0 amide bonds. The maximum atomic E-state index is 10.4. The van der Waals surface area contributed by atoms with Crippen LogP contribution in [-0.2, 0) is 0 Å². The van der Waals surface area contributed by atoms with Crippen molar-refractivity contribution in [3.05, 3.63) is 11.6 Å². The Kier molecular flexibility index (Phi) is 1.80. The zero-order chi connectivity index (χ0) is 8.77. The van der Waals surface area contributed by atoms with Crippen LogP contribution in [0, 0.1) is 11.8 Å². The van der Waals surface area contributed by atoms with E-state index in [4.69, 9.17) is 0 Å². The van der Waals surface area contributed by atoms with Gasteiger partial charge in [-0.05, 0) is 51.4 Å². The van der Waals surface area contributed by atoms with Gasteiger partial charge in [0.1, 0.15) is 0 Å². The first-order chi connectivity index (χ1) is 5.63. The van der Waals surface area contributed by atoms with Gasteiger partial charge in [-0.25, -0.2) is 0 Å². The van der Waals surface area contributed by atoms with Gasteiger partial charge in [0.2, 0.25) is 0 Å². The minimum Gasteiger partial charge on any atom is -0.385 e. The lowest BCUT2D eigenvalue weighted by atomic mass is 9.90. The molecule has 0 radical (unpaired) electrons. The molecule has 1 heteroatoms. The molecule has 2 saturated carbocycles. The fraction of sp³-hybridized carbons (Fsp3) is 0.818. The number of aliphatic hydroxyl groups is 1. The van der Waals surface area contributed by atoms with Crippen LogP contribution in [0.2, 0.25) is 0 Å². The summed E-state index contributed by atoms with van der Waals surface area (Å²) in [4.78, 5) is 0. The highest BCUT2D eigenvalue weighted by molar-refractivity contribution is 5.18. The second-order valence-corrected chi connectivity index (χ2v) is 4.66. The molecule has 2 aliphatic rings. The van der Waals surface area contributed by atoms with E-state index in [0.717, 1.165) is 0 Å². The van der Waals surface area contributed by atoms with Gasteiger partial charge in [-0.1, -0.05) is 11.6 Å². The van der Waals surface area contributed by atoms with E-state index in [-0.39, 0.29) is 0 Å². The zero-order valence-corrected chi connectivity index (χ0v) is 8.01. The SMILES string of the molecule is CC(C)=CC(O)(C1CC1)C1CC1. The highest BCUT2D eigenvalue weighted by Gasteiger charge is 2.51. The summed E-state index contributed by atoms with van der Waals surface area (Å²) in [5.41, 5.74) is 0.843. The fourth-order valence-electron chi connectivity index (χ4n) is 2.12. The molecule has 12 heavy (non-hydrogen) atoms. The van der Waals surface area contributed by atoms with Crippen LogP contribution < -0.4 is 0 Å². The molecule has 0 bridgehead atoms. The Morgan fingerprint density at radius 3 is 1.83 bits per heavy atom. The normalized spacial score (nSPS) is 23.9. The average molecular weight is 166 g/mol. The third kappa shape index (κ3) is 1.42. The van der Waals surface area contributed by atoms with Gasteiger partial charge in [0.15, 0.2) is 0 Å². The summed E-state index contributed by atoms with van der Waals surface area (Å²) in [6.07, 6.45) is 7.03. The van der Waals surface area contributed by atoms with Crippen LogP contribution in [-0.4, -0.2) is 10.7 Å². The summed E-state index contributed by atoms with van der Waals surface area (Å²) in [5.74, 6) is 1.17. The van der Waals surface area contributed by atoms with Gasteiger partial charge in [-0.3, -0.25) is 0 Å². The first-order valence-electron chi connectivity index (χ1n) is 5.01. The van der Waals surface area contributed by atoms with Gasteiger partial charge in [-0.15, -0.1) is 0 Å². The smallest absolute Gasteiger partial charge is 0.0886 e. The fourth-order valence-corrected chi connectivity index (χ4v) is 2.12. The molecule has 2 aliphatic carbocycles. The minimum atomic E-state index is -0.418. The van der Waals surface area contributed by atoms with Crippen LogP contribution in [0.25, 0.3) is 0 Å². The first-order valence-corrected chi connectivity index (χ1v) is 5.01. The predicted octanol–water partition coefficient (Wildman–Crippen LogP) is 2.50. The monoisotopic (exact) mass is 166 g/mol. The van der Waals surface area contributed by atoms with Crippen molar-refractivity contribution in [3.63, 3.8) is 0 Å². The zero-order valence-electron chi connectivity index (χ0n) is 8.01. The van der Waals surface area contributed by atoms with Crippen molar-refractivity contribution < 1.29 is 5.11 Å². The van der Waals surface area contributed by atoms with Crippen molar-refractivity contribution in [2.45, 2.75) is 45.1 Å². The first kappa shape index (κ1) is 8.31. The molecule has 0 unspecified atom stereocenters. The lowest BCUT2D eigenvalue weighted by Crippen LogP contribution is -2.31. The maximum Gasteiger partial charge on any atom is 0.0886 e. The van der Waals surface area contributed by atoms with Crippen LogP contribution in [0.3, 0.4) is 0 Å². The van der Waals surface area contributed by atoms with E-state index in [1.54, 1.807) is 0 Å². The van der Waals surface area contributed by atoms with Gasteiger partial charge in [0.05, 0.1) is 5.60 Å². The predicted molar refractivity (Wildman–Crippen MR) is 49.8 cm³/mol. The summed E-state index contributed by atoms with van der Waals surface area (Å²) >= 11 is 0. The summed E-state index contributed by atoms with van der Waals surface area (Å²) in [6, 6.07) is 0. The van der Waals surface area contributed by atoms with E-state index < -0.39 is 5.60 Å². The molecule has 1 N–H and O–H groups in total. The minimum absolute atomic E-state index is 0.418. The highest BCUT2D eigenvalue weighted by atomic mass is 16.3. The number of rotatable bonds is 3. The van der Waals surface area contributed by atoms with Gasteiger partial charge in [-0.2, -0.15) is 0 Å². The molecule has 0 aromatic carbocycles. The maximum absolute atomic E-state index is 10.4. The van der Waals surface area contributed by atoms with E-state index in [1.807, 2.05) is 0 Å². The van der Waals surface area contributed by atoms with Gasteiger partial charge in [0, 0.05) is 0 Å². The van der Waals surface area contributed by atoms with E-state index in [9.17, 15) is 5.11 Å². The van der Waals surface area contributed by atoms with Crippen molar-refractivity contribution in [2.24, 2.45) is 11.8 Å².